The second-order valence-electron chi connectivity index (χ2n) is 3.44. The first-order valence-electron chi connectivity index (χ1n) is 4.92. The van der Waals surface area contributed by atoms with E-state index in [9.17, 15) is 19.2 Å². The summed E-state index contributed by atoms with van der Waals surface area (Å²) in [7, 11) is 1.10. The fourth-order valence-electron chi connectivity index (χ4n) is 1.38. The fourth-order valence-corrected chi connectivity index (χ4v) is 1.38. The lowest BCUT2D eigenvalue weighted by Crippen LogP contribution is -2.29. The molecule has 8 nitrogen and oxygen atoms in total. The van der Waals surface area contributed by atoms with Crippen molar-refractivity contribution in [3.05, 3.63) is 11.3 Å². The van der Waals surface area contributed by atoms with E-state index in [1.807, 2.05) is 5.32 Å². The average Bonchev–Trinajstić information content (AvgIpc) is 2.53. The zero-order chi connectivity index (χ0) is 13.9. The molecule has 0 aromatic rings. The summed E-state index contributed by atoms with van der Waals surface area (Å²) in [6.07, 6.45) is -1.57. The van der Waals surface area contributed by atoms with Crippen LogP contribution in [0.15, 0.2) is 11.3 Å². The van der Waals surface area contributed by atoms with Crippen molar-refractivity contribution in [2.24, 2.45) is 0 Å². The van der Waals surface area contributed by atoms with Gasteiger partial charge in [0.1, 0.15) is 23.8 Å². The topological polar surface area (TPSA) is 119 Å². The fraction of sp³-hybridized carbons (Fsp3) is 0.400. The van der Waals surface area contributed by atoms with Crippen LogP contribution in [-0.4, -0.2) is 42.1 Å². The number of carbonyl (C=O) groups is 4. The van der Waals surface area contributed by atoms with Crippen molar-refractivity contribution in [1.29, 1.82) is 0 Å². The zero-order valence-electron chi connectivity index (χ0n) is 9.68. The zero-order valence-corrected chi connectivity index (χ0v) is 9.68. The van der Waals surface area contributed by atoms with E-state index in [0.717, 1.165) is 7.11 Å². The molecule has 18 heavy (non-hydrogen) atoms. The average molecular weight is 257 g/mol. The third kappa shape index (κ3) is 2.84. The minimum atomic E-state index is -1.37. The van der Waals surface area contributed by atoms with E-state index in [2.05, 4.69) is 9.47 Å². The molecule has 2 N–H and O–H groups in total. The Balaban J connectivity index is 2.86. The van der Waals surface area contributed by atoms with Crippen molar-refractivity contribution in [2.45, 2.75) is 19.4 Å². The number of aliphatic carboxylic acids is 1. The van der Waals surface area contributed by atoms with Gasteiger partial charge >= 0.3 is 17.9 Å². The van der Waals surface area contributed by atoms with Gasteiger partial charge in [-0.3, -0.25) is 9.59 Å². The number of carboxylic acids is 1. The van der Waals surface area contributed by atoms with Crippen LogP contribution >= 0.6 is 0 Å². The maximum atomic E-state index is 11.3. The lowest BCUT2D eigenvalue weighted by atomic mass is 10.1. The number of carbonyl (C=O) groups excluding carboxylic acids is 3. The summed E-state index contributed by atoms with van der Waals surface area (Å²) in [5.74, 6) is -3.97. The van der Waals surface area contributed by atoms with Crippen molar-refractivity contribution < 1.29 is 33.8 Å². The van der Waals surface area contributed by atoms with Crippen LogP contribution in [0.3, 0.4) is 0 Å². The Bertz CT molecular complexity index is 451. The third-order valence-electron chi connectivity index (χ3n) is 2.19. The normalized spacial score (nSPS) is 18.3. The van der Waals surface area contributed by atoms with E-state index >= 15 is 0 Å². The van der Waals surface area contributed by atoms with Crippen molar-refractivity contribution >= 4 is 23.8 Å². The molecule has 0 spiro atoms. The molecule has 0 fully saturated rings. The molecule has 1 heterocycles. The van der Waals surface area contributed by atoms with E-state index in [1.165, 1.54) is 6.92 Å². The lowest BCUT2D eigenvalue weighted by molar-refractivity contribution is -0.145. The van der Waals surface area contributed by atoms with E-state index in [0.29, 0.717) is 0 Å². The summed E-state index contributed by atoms with van der Waals surface area (Å²) in [5, 5.41) is 10.9. The van der Waals surface area contributed by atoms with E-state index < -0.39 is 42.0 Å². The van der Waals surface area contributed by atoms with Gasteiger partial charge in [-0.05, 0) is 6.92 Å². The molecular formula is C10H11NO7. The molecule has 1 rings (SSSR count). The number of rotatable bonds is 4. The van der Waals surface area contributed by atoms with Crippen molar-refractivity contribution in [2.75, 3.05) is 7.11 Å². The van der Waals surface area contributed by atoms with Gasteiger partial charge in [-0.25, -0.2) is 9.59 Å². The predicted octanol–water partition coefficient (Wildman–Crippen LogP) is -1.05. The molecule has 1 aliphatic heterocycles. The van der Waals surface area contributed by atoms with Gasteiger partial charge in [-0.1, -0.05) is 0 Å². The monoisotopic (exact) mass is 257 g/mol. The Labute approximate surface area is 102 Å². The molecule has 1 amide bonds. The maximum Gasteiger partial charge on any atom is 0.356 e. The molecule has 0 bridgehead atoms. The second-order valence-corrected chi connectivity index (χ2v) is 3.44. The molecule has 0 aromatic carbocycles. The van der Waals surface area contributed by atoms with Gasteiger partial charge in [0.2, 0.25) is 5.91 Å². The highest BCUT2D eigenvalue weighted by molar-refractivity contribution is 6.07. The van der Waals surface area contributed by atoms with Gasteiger partial charge in [-0.15, -0.1) is 0 Å². The second kappa shape index (κ2) is 5.30. The molecule has 1 aliphatic rings. The highest BCUT2D eigenvalue weighted by Gasteiger charge is 2.36. The van der Waals surface area contributed by atoms with Crippen molar-refractivity contribution in [1.82, 2.24) is 5.32 Å². The standard InChI is InChI=1S/C10H11NO7/c1-4-7(9(14)15)8(10(16)18-4)11-5(12)3-6(13)17-2/h4H,3H2,1-2H3,(H,11,12)(H,14,15)/t4-/m1/s1. The Morgan fingerprint density at radius 2 is 2.06 bits per heavy atom. The van der Waals surface area contributed by atoms with Crippen LogP contribution in [0.4, 0.5) is 0 Å². The summed E-state index contributed by atoms with van der Waals surface area (Å²) < 4.78 is 8.91. The highest BCUT2D eigenvalue weighted by atomic mass is 16.6. The molecule has 98 valence electrons. The molecule has 0 unspecified atom stereocenters. The number of carboxylic acid groups (broad SMARTS) is 1. The number of methoxy groups -OCH3 is 1. The van der Waals surface area contributed by atoms with Crippen LogP contribution in [-0.2, 0) is 28.7 Å². The van der Waals surface area contributed by atoms with Gasteiger partial charge in [0.25, 0.3) is 0 Å². The smallest absolute Gasteiger partial charge is 0.356 e. The first-order valence-corrected chi connectivity index (χ1v) is 4.92. The van der Waals surface area contributed by atoms with Gasteiger partial charge in [-0.2, -0.15) is 0 Å². The largest absolute Gasteiger partial charge is 0.478 e. The lowest BCUT2D eigenvalue weighted by Gasteiger charge is -2.03. The van der Waals surface area contributed by atoms with Gasteiger partial charge in [0.15, 0.2) is 0 Å². The molecule has 0 saturated heterocycles. The Morgan fingerprint density at radius 1 is 1.44 bits per heavy atom. The summed E-state index contributed by atoms with van der Waals surface area (Å²) in [6, 6.07) is 0. The first kappa shape index (κ1) is 13.7. The third-order valence-corrected chi connectivity index (χ3v) is 2.19. The van der Waals surface area contributed by atoms with Crippen molar-refractivity contribution in [3.8, 4) is 0 Å². The van der Waals surface area contributed by atoms with Gasteiger partial charge < -0.3 is 19.9 Å². The van der Waals surface area contributed by atoms with Gasteiger partial charge in [0, 0.05) is 0 Å². The Hall–Kier alpha value is -2.38. The Morgan fingerprint density at radius 3 is 2.56 bits per heavy atom. The van der Waals surface area contributed by atoms with Crippen LogP contribution in [0.5, 0.6) is 0 Å². The number of esters is 2. The maximum absolute atomic E-state index is 11.3. The summed E-state index contributed by atoms with van der Waals surface area (Å²) in [5.41, 5.74) is -0.804. The Kier molecular flexibility index (Phi) is 4.03. The van der Waals surface area contributed by atoms with Crippen LogP contribution in [0, 0.1) is 0 Å². The number of amides is 1. The molecule has 0 saturated carbocycles. The molecule has 0 radical (unpaired) electrons. The quantitative estimate of drug-likeness (QED) is 0.487. The minimum absolute atomic E-state index is 0.349. The number of ether oxygens (including phenoxy) is 2. The summed E-state index contributed by atoms with van der Waals surface area (Å²) in [6.45, 7) is 1.36. The predicted molar refractivity (Wildman–Crippen MR) is 55.0 cm³/mol. The molecule has 0 aromatic heterocycles. The van der Waals surface area contributed by atoms with Crippen LogP contribution in [0.2, 0.25) is 0 Å². The molecular weight excluding hydrogens is 246 g/mol. The van der Waals surface area contributed by atoms with E-state index in [4.69, 9.17) is 5.11 Å². The summed E-state index contributed by atoms with van der Waals surface area (Å²) >= 11 is 0. The number of hydrogen-bond donors (Lipinski definition) is 2. The highest BCUT2D eigenvalue weighted by Crippen LogP contribution is 2.20. The molecule has 8 heteroatoms. The minimum Gasteiger partial charge on any atom is -0.478 e. The van der Waals surface area contributed by atoms with Crippen LogP contribution in [0.1, 0.15) is 13.3 Å². The van der Waals surface area contributed by atoms with Crippen LogP contribution < -0.4 is 5.32 Å². The van der Waals surface area contributed by atoms with Crippen LogP contribution in [0.25, 0.3) is 0 Å². The first-order chi connectivity index (χ1) is 8.36. The van der Waals surface area contributed by atoms with E-state index in [1.54, 1.807) is 0 Å². The van der Waals surface area contributed by atoms with Gasteiger partial charge in [0.05, 0.1) is 7.11 Å². The molecule has 0 aliphatic carbocycles. The number of hydrogen-bond acceptors (Lipinski definition) is 6. The molecule has 1 atom stereocenters. The summed E-state index contributed by atoms with van der Waals surface area (Å²) in [4.78, 5) is 44.4. The SMILES string of the molecule is COC(=O)CC(=O)NC1=C(C(=O)O)[C@@H](C)OC1=O. The number of nitrogens with one attached hydrogen (secondary N) is 1. The van der Waals surface area contributed by atoms with E-state index in [-0.39, 0.29) is 5.57 Å². The number of cyclic esters (lactones) is 1. The van der Waals surface area contributed by atoms with Crippen molar-refractivity contribution in [3.63, 3.8) is 0 Å².